The van der Waals surface area contributed by atoms with Gasteiger partial charge in [-0.05, 0) is 19.4 Å². The molecule has 100 valence electrons. The number of aliphatic hydroxyl groups is 1. The van der Waals surface area contributed by atoms with Crippen molar-refractivity contribution in [2.75, 3.05) is 20.8 Å². The molecule has 18 heavy (non-hydrogen) atoms. The second-order valence-corrected chi connectivity index (χ2v) is 4.31. The van der Waals surface area contributed by atoms with Gasteiger partial charge in [0.05, 0.1) is 20.4 Å². The molecule has 0 bridgehead atoms. The molecule has 2 unspecified atom stereocenters. The van der Waals surface area contributed by atoms with Crippen molar-refractivity contribution in [2.24, 2.45) is 0 Å². The molecule has 6 nitrogen and oxygen atoms in total. The van der Waals surface area contributed by atoms with Crippen LogP contribution in [0.2, 0.25) is 0 Å². The Bertz CT molecular complexity index is 394. The van der Waals surface area contributed by atoms with Crippen molar-refractivity contribution in [1.82, 2.24) is 15.3 Å². The largest absolute Gasteiger partial charge is 0.480 e. The van der Waals surface area contributed by atoms with Crippen LogP contribution in [-0.2, 0) is 0 Å². The van der Waals surface area contributed by atoms with E-state index >= 15 is 0 Å². The van der Waals surface area contributed by atoms with Crippen molar-refractivity contribution in [2.45, 2.75) is 31.4 Å². The second kappa shape index (κ2) is 5.97. The van der Waals surface area contributed by atoms with Gasteiger partial charge in [0.25, 0.3) is 0 Å². The number of aliphatic hydroxyl groups excluding tert-OH is 1. The summed E-state index contributed by atoms with van der Waals surface area (Å²) in [5.74, 6) is 0.689. The maximum atomic E-state index is 10.3. The van der Waals surface area contributed by atoms with Gasteiger partial charge in [-0.25, -0.2) is 4.98 Å². The van der Waals surface area contributed by atoms with Crippen LogP contribution in [-0.4, -0.2) is 41.9 Å². The van der Waals surface area contributed by atoms with Gasteiger partial charge in [-0.2, -0.15) is 4.98 Å². The van der Waals surface area contributed by atoms with Crippen molar-refractivity contribution in [1.29, 1.82) is 0 Å². The number of nitrogens with zero attached hydrogens (tertiary/aromatic N) is 2. The van der Waals surface area contributed by atoms with E-state index < -0.39 is 6.10 Å². The Morgan fingerprint density at radius 1 is 1.39 bits per heavy atom. The highest BCUT2D eigenvalue weighted by atomic mass is 16.5. The topological polar surface area (TPSA) is 76.5 Å². The number of methoxy groups -OCH3 is 2. The van der Waals surface area contributed by atoms with E-state index in [1.54, 1.807) is 0 Å². The highest BCUT2D eigenvalue weighted by molar-refractivity contribution is 5.25. The first-order chi connectivity index (χ1) is 8.76. The minimum absolute atomic E-state index is 0.00958. The quantitative estimate of drug-likeness (QED) is 0.821. The fourth-order valence-corrected chi connectivity index (χ4v) is 2.16. The summed E-state index contributed by atoms with van der Waals surface area (Å²) in [6, 6.07) is 0.00958. The summed E-state index contributed by atoms with van der Waals surface area (Å²) in [4.78, 5) is 8.32. The van der Waals surface area contributed by atoms with E-state index in [1.807, 2.05) is 0 Å². The summed E-state index contributed by atoms with van der Waals surface area (Å²) in [6.07, 6.45) is 3.97. The second-order valence-electron chi connectivity index (χ2n) is 4.31. The van der Waals surface area contributed by atoms with E-state index in [9.17, 15) is 5.11 Å². The van der Waals surface area contributed by atoms with Crippen molar-refractivity contribution in [3.05, 3.63) is 11.9 Å². The van der Waals surface area contributed by atoms with E-state index in [0.717, 1.165) is 25.8 Å². The molecular formula is C12H19N3O3. The number of nitrogens with one attached hydrogen (secondary N) is 1. The van der Waals surface area contributed by atoms with E-state index in [0.29, 0.717) is 17.5 Å². The number of ether oxygens (including phenoxy) is 2. The van der Waals surface area contributed by atoms with Gasteiger partial charge in [0, 0.05) is 6.04 Å². The molecular weight excluding hydrogens is 234 g/mol. The highest BCUT2D eigenvalue weighted by Gasteiger charge is 2.27. The van der Waals surface area contributed by atoms with E-state index in [2.05, 4.69) is 15.3 Å². The number of hydrogen-bond donors (Lipinski definition) is 2. The first-order valence-electron chi connectivity index (χ1n) is 6.12. The van der Waals surface area contributed by atoms with Gasteiger partial charge in [-0.1, -0.05) is 6.42 Å². The normalized spacial score (nSPS) is 21.4. The molecule has 2 N–H and O–H groups in total. The molecule has 1 saturated heterocycles. The van der Waals surface area contributed by atoms with E-state index in [4.69, 9.17) is 9.47 Å². The Kier molecular flexibility index (Phi) is 4.33. The van der Waals surface area contributed by atoms with Crippen LogP contribution in [0.15, 0.2) is 6.20 Å². The van der Waals surface area contributed by atoms with Crippen LogP contribution in [0.1, 0.15) is 31.1 Å². The maximum Gasteiger partial charge on any atom is 0.241 e. The SMILES string of the molecule is COc1cnc(C(O)C2CCCCN2)c(OC)n1. The predicted molar refractivity (Wildman–Crippen MR) is 65.7 cm³/mol. The lowest BCUT2D eigenvalue weighted by molar-refractivity contribution is 0.106. The summed E-state index contributed by atoms with van der Waals surface area (Å²) < 4.78 is 10.1. The highest BCUT2D eigenvalue weighted by Crippen LogP contribution is 2.28. The predicted octanol–water partition coefficient (Wildman–Crippen LogP) is 0.669. The third-order valence-electron chi connectivity index (χ3n) is 3.16. The van der Waals surface area contributed by atoms with Gasteiger partial charge in [-0.15, -0.1) is 0 Å². The molecule has 0 amide bonds. The molecule has 0 saturated carbocycles. The summed E-state index contributed by atoms with van der Waals surface area (Å²) in [7, 11) is 3.02. The van der Waals surface area contributed by atoms with Gasteiger partial charge in [-0.3, -0.25) is 0 Å². The van der Waals surface area contributed by atoms with Gasteiger partial charge in [0.2, 0.25) is 11.8 Å². The van der Waals surface area contributed by atoms with Gasteiger partial charge in [0.15, 0.2) is 0 Å². The number of piperidine rings is 1. The molecule has 6 heteroatoms. The average Bonchev–Trinajstić information content (AvgIpc) is 2.46. The van der Waals surface area contributed by atoms with E-state index in [-0.39, 0.29) is 6.04 Å². The Morgan fingerprint density at radius 2 is 2.22 bits per heavy atom. The number of rotatable bonds is 4. The first kappa shape index (κ1) is 13.0. The van der Waals surface area contributed by atoms with Crippen molar-refractivity contribution < 1.29 is 14.6 Å². The summed E-state index contributed by atoms with van der Waals surface area (Å²) in [6.45, 7) is 0.924. The molecule has 0 radical (unpaired) electrons. The van der Waals surface area contributed by atoms with Crippen LogP contribution >= 0.6 is 0 Å². The molecule has 2 rings (SSSR count). The van der Waals surface area contributed by atoms with E-state index in [1.165, 1.54) is 20.4 Å². The molecule has 1 aliphatic heterocycles. The van der Waals surface area contributed by atoms with Crippen molar-refractivity contribution >= 4 is 0 Å². The Labute approximate surface area is 106 Å². The third kappa shape index (κ3) is 2.70. The fourth-order valence-electron chi connectivity index (χ4n) is 2.16. The summed E-state index contributed by atoms with van der Waals surface area (Å²) in [5.41, 5.74) is 0.456. The number of hydrogen-bond acceptors (Lipinski definition) is 6. The molecule has 2 heterocycles. The zero-order valence-corrected chi connectivity index (χ0v) is 10.7. The van der Waals surface area contributed by atoms with Crippen molar-refractivity contribution in [3.63, 3.8) is 0 Å². The van der Waals surface area contributed by atoms with Crippen LogP contribution in [0.5, 0.6) is 11.8 Å². The summed E-state index contributed by atoms with van der Waals surface area (Å²) >= 11 is 0. The Hall–Kier alpha value is -1.40. The standard InChI is InChI=1S/C12H19N3O3/c1-17-9-7-14-10(12(15-9)18-2)11(16)8-5-3-4-6-13-8/h7-8,11,13,16H,3-6H2,1-2H3. The molecule has 1 fully saturated rings. The van der Waals surface area contributed by atoms with Crippen LogP contribution in [0, 0.1) is 0 Å². The molecule has 0 aromatic carbocycles. The lowest BCUT2D eigenvalue weighted by atomic mass is 9.98. The lowest BCUT2D eigenvalue weighted by Gasteiger charge is -2.28. The fraction of sp³-hybridized carbons (Fsp3) is 0.667. The zero-order chi connectivity index (χ0) is 13.0. The monoisotopic (exact) mass is 253 g/mol. The maximum absolute atomic E-state index is 10.3. The smallest absolute Gasteiger partial charge is 0.241 e. The molecule has 0 aliphatic carbocycles. The average molecular weight is 253 g/mol. The van der Waals surface area contributed by atoms with Crippen molar-refractivity contribution in [3.8, 4) is 11.8 Å². The molecule has 1 aliphatic rings. The van der Waals surface area contributed by atoms with Crippen LogP contribution in [0.25, 0.3) is 0 Å². The molecule has 1 aromatic heterocycles. The third-order valence-corrected chi connectivity index (χ3v) is 3.16. The van der Waals surface area contributed by atoms with Crippen LogP contribution < -0.4 is 14.8 Å². The van der Waals surface area contributed by atoms with Gasteiger partial charge < -0.3 is 19.9 Å². The molecule has 1 aromatic rings. The van der Waals surface area contributed by atoms with Crippen LogP contribution in [0.4, 0.5) is 0 Å². The summed E-state index contributed by atoms with van der Waals surface area (Å²) in [5, 5.41) is 13.6. The Balaban J connectivity index is 2.20. The Morgan fingerprint density at radius 3 is 2.83 bits per heavy atom. The lowest BCUT2D eigenvalue weighted by Crippen LogP contribution is -2.39. The first-order valence-corrected chi connectivity index (χ1v) is 6.12. The zero-order valence-electron chi connectivity index (χ0n) is 10.7. The van der Waals surface area contributed by atoms with Crippen LogP contribution in [0.3, 0.4) is 0 Å². The minimum Gasteiger partial charge on any atom is -0.480 e. The molecule has 0 spiro atoms. The minimum atomic E-state index is -0.710. The number of aromatic nitrogens is 2. The van der Waals surface area contributed by atoms with Gasteiger partial charge in [0.1, 0.15) is 11.8 Å². The molecule has 2 atom stereocenters. The van der Waals surface area contributed by atoms with Gasteiger partial charge >= 0.3 is 0 Å².